The van der Waals surface area contributed by atoms with E-state index < -0.39 is 0 Å². The smallest absolute Gasteiger partial charge is 0.0403 e. The van der Waals surface area contributed by atoms with Crippen LogP contribution in [0.25, 0.3) is 0 Å². The average Bonchev–Trinajstić information content (AvgIpc) is 2.48. The van der Waals surface area contributed by atoms with Crippen LogP contribution in [-0.4, -0.2) is 24.7 Å². The Hall–Kier alpha value is -1.02. The number of para-hydroxylation sites is 1. The van der Waals surface area contributed by atoms with E-state index in [1.54, 1.807) is 0 Å². The van der Waals surface area contributed by atoms with Crippen molar-refractivity contribution in [2.24, 2.45) is 0 Å². The topological polar surface area (TPSA) is 15.3 Å². The van der Waals surface area contributed by atoms with Crippen LogP contribution in [0.1, 0.15) is 51.5 Å². The first-order chi connectivity index (χ1) is 9.75. The molecule has 0 saturated carbocycles. The highest BCUT2D eigenvalue weighted by Gasteiger charge is 2.28. The van der Waals surface area contributed by atoms with Gasteiger partial charge in [0.1, 0.15) is 0 Å². The molecule has 2 aliphatic heterocycles. The van der Waals surface area contributed by atoms with Gasteiger partial charge in [-0.15, -0.1) is 0 Å². The van der Waals surface area contributed by atoms with Crippen molar-refractivity contribution in [3.8, 4) is 0 Å². The summed E-state index contributed by atoms with van der Waals surface area (Å²) < 4.78 is 0. The first kappa shape index (κ1) is 13.9. The van der Waals surface area contributed by atoms with Gasteiger partial charge >= 0.3 is 0 Å². The molecular weight excluding hydrogens is 244 g/mol. The molecule has 3 unspecified atom stereocenters. The van der Waals surface area contributed by atoms with Crippen LogP contribution in [0, 0.1) is 0 Å². The predicted octanol–water partition coefficient (Wildman–Crippen LogP) is 3.75. The maximum absolute atomic E-state index is 3.70. The lowest BCUT2D eigenvalue weighted by atomic mass is 9.92. The molecule has 2 heterocycles. The highest BCUT2D eigenvalue weighted by Crippen LogP contribution is 2.33. The standard InChI is InChI=1S/C18H28N2/c1-14-10-11-16-7-3-4-9-18(16)20(14)15(2)13-17-8-5-6-12-19-17/h3-4,7,9,14-15,17,19H,5-6,8,10-13H2,1-2H3. The first-order valence-corrected chi connectivity index (χ1v) is 8.35. The number of nitrogens with zero attached hydrogens (tertiary/aromatic N) is 1. The Kier molecular flexibility index (Phi) is 4.30. The molecule has 1 saturated heterocycles. The van der Waals surface area contributed by atoms with Crippen molar-refractivity contribution in [1.82, 2.24) is 5.32 Å². The number of anilines is 1. The largest absolute Gasteiger partial charge is 0.366 e. The fourth-order valence-electron chi connectivity index (χ4n) is 4.04. The Labute approximate surface area is 123 Å². The van der Waals surface area contributed by atoms with E-state index in [0.29, 0.717) is 12.1 Å². The van der Waals surface area contributed by atoms with Crippen LogP contribution in [0.3, 0.4) is 0 Å². The normalized spacial score (nSPS) is 28.0. The van der Waals surface area contributed by atoms with Crippen LogP contribution in [0.5, 0.6) is 0 Å². The molecule has 1 N–H and O–H groups in total. The van der Waals surface area contributed by atoms with E-state index in [1.165, 1.54) is 56.3 Å². The van der Waals surface area contributed by atoms with Crippen molar-refractivity contribution in [1.29, 1.82) is 0 Å². The molecule has 0 amide bonds. The van der Waals surface area contributed by atoms with Gasteiger partial charge in [-0.1, -0.05) is 24.6 Å². The Morgan fingerprint density at radius 2 is 2.10 bits per heavy atom. The molecule has 2 heteroatoms. The van der Waals surface area contributed by atoms with Gasteiger partial charge in [0.25, 0.3) is 0 Å². The zero-order valence-corrected chi connectivity index (χ0v) is 12.9. The summed E-state index contributed by atoms with van der Waals surface area (Å²) in [6, 6.07) is 11.0. The first-order valence-electron chi connectivity index (χ1n) is 8.35. The Morgan fingerprint density at radius 1 is 1.25 bits per heavy atom. The van der Waals surface area contributed by atoms with Gasteiger partial charge in [-0.2, -0.15) is 0 Å². The molecule has 0 spiro atoms. The van der Waals surface area contributed by atoms with E-state index in [-0.39, 0.29) is 0 Å². The van der Waals surface area contributed by atoms with E-state index in [0.717, 1.165) is 6.04 Å². The molecule has 2 aliphatic rings. The Morgan fingerprint density at radius 3 is 2.90 bits per heavy atom. The zero-order chi connectivity index (χ0) is 13.9. The molecule has 3 atom stereocenters. The highest BCUT2D eigenvalue weighted by atomic mass is 15.2. The van der Waals surface area contributed by atoms with Crippen LogP contribution >= 0.6 is 0 Å². The van der Waals surface area contributed by atoms with Crippen molar-refractivity contribution in [3.63, 3.8) is 0 Å². The minimum Gasteiger partial charge on any atom is -0.366 e. The minimum absolute atomic E-state index is 0.627. The maximum atomic E-state index is 3.70. The molecule has 20 heavy (non-hydrogen) atoms. The summed E-state index contributed by atoms with van der Waals surface area (Å²) in [5.74, 6) is 0. The van der Waals surface area contributed by atoms with Crippen molar-refractivity contribution in [3.05, 3.63) is 29.8 Å². The monoisotopic (exact) mass is 272 g/mol. The van der Waals surface area contributed by atoms with Gasteiger partial charge in [0, 0.05) is 23.8 Å². The van der Waals surface area contributed by atoms with Crippen molar-refractivity contribution < 1.29 is 0 Å². The molecule has 0 aliphatic carbocycles. The molecule has 1 aromatic carbocycles. The summed E-state index contributed by atoms with van der Waals surface area (Å²) in [5.41, 5.74) is 3.02. The second kappa shape index (κ2) is 6.17. The lowest BCUT2D eigenvalue weighted by molar-refractivity contribution is 0.349. The fourth-order valence-corrected chi connectivity index (χ4v) is 4.04. The predicted molar refractivity (Wildman–Crippen MR) is 86.4 cm³/mol. The summed E-state index contributed by atoms with van der Waals surface area (Å²) in [6.45, 7) is 6.01. The van der Waals surface area contributed by atoms with E-state index in [4.69, 9.17) is 0 Å². The van der Waals surface area contributed by atoms with Gasteiger partial charge in [0.05, 0.1) is 0 Å². The average molecular weight is 272 g/mol. The number of rotatable bonds is 3. The van der Waals surface area contributed by atoms with Crippen LogP contribution < -0.4 is 10.2 Å². The van der Waals surface area contributed by atoms with Crippen LogP contribution in [0.2, 0.25) is 0 Å². The summed E-state index contributed by atoms with van der Waals surface area (Å²) in [4.78, 5) is 2.68. The van der Waals surface area contributed by atoms with Crippen molar-refractivity contribution in [2.75, 3.05) is 11.4 Å². The van der Waals surface area contributed by atoms with E-state index in [1.807, 2.05) is 0 Å². The summed E-state index contributed by atoms with van der Waals surface area (Å²) in [6.07, 6.45) is 7.92. The van der Waals surface area contributed by atoms with Crippen LogP contribution in [0.4, 0.5) is 5.69 Å². The van der Waals surface area contributed by atoms with E-state index in [2.05, 4.69) is 48.3 Å². The van der Waals surface area contributed by atoms with Gasteiger partial charge in [-0.05, 0) is 64.1 Å². The maximum Gasteiger partial charge on any atom is 0.0403 e. The van der Waals surface area contributed by atoms with Gasteiger partial charge in [0.2, 0.25) is 0 Å². The second-order valence-electron chi connectivity index (χ2n) is 6.66. The van der Waals surface area contributed by atoms with Gasteiger partial charge in [0.15, 0.2) is 0 Å². The summed E-state index contributed by atoms with van der Waals surface area (Å²) >= 11 is 0. The summed E-state index contributed by atoms with van der Waals surface area (Å²) in [7, 11) is 0. The number of piperidine rings is 1. The minimum atomic E-state index is 0.627. The number of benzene rings is 1. The molecule has 110 valence electrons. The SMILES string of the molecule is CC1CCc2ccccc2N1C(C)CC1CCCCN1. The number of hydrogen-bond donors (Lipinski definition) is 1. The fraction of sp³-hybridized carbons (Fsp3) is 0.667. The molecule has 0 bridgehead atoms. The highest BCUT2D eigenvalue weighted by molar-refractivity contribution is 5.57. The number of hydrogen-bond acceptors (Lipinski definition) is 2. The third-order valence-corrected chi connectivity index (χ3v) is 5.09. The Balaban J connectivity index is 1.74. The van der Waals surface area contributed by atoms with Gasteiger partial charge in [-0.25, -0.2) is 0 Å². The van der Waals surface area contributed by atoms with Crippen molar-refractivity contribution >= 4 is 5.69 Å². The number of fused-ring (bicyclic) bond motifs is 1. The molecule has 0 radical (unpaired) electrons. The molecule has 1 fully saturated rings. The Bertz CT molecular complexity index is 437. The van der Waals surface area contributed by atoms with Gasteiger partial charge in [-0.3, -0.25) is 0 Å². The molecule has 2 nitrogen and oxygen atoms in total. The quantitative estimate of drug-likeness (QED) is 0.901. The third-order valence-electron chi connectivity index (χ3n) is 5.09. The van der Waals surface area contributed by atoms with Crippen LogP contribution in [0.15, 0.2) is 24.3 Å². The van der Waals surface area contributed by atoms with Crippen LogP contribution in [-0.2, 0) is 6.42 Å². The van der Waals surface area contributed by atoms with E-state index >= 15 is 0 Å². The van der Waals surface area contributed by atoms with E-state index in [9.17, 15) is 0 Å². The molecule has 1 aromatic rings. The molecule has 0 aromatic heterocycles. The molecular formula is C18H28N2. The van der Waals surface area contributed by atoms with Crippen molar-refractivity contribution in [2.45, 2.75) is 70.5 Å². The number of aryl methyl sites for hydroxylation is 1. The third kappa shape index (κ3) is 2.85. The summed E-state index contributed by atoms with van der Waals surface area (Å²) in [5, 5.41) is 3.70. The second-order valence-corrected chi connectivity index (χ2v) is 6.66. The zero-order valence-electron chi connectivity index (χ0n) is 12.9. The molecule has 3 rings (SSSR count). The lowest BCUT2D eigenvalue weighted by Gasteiger charge is -2.43. The van der Waals surface area contributed by atoms with Gasteiger partial charge < -0.3 is 10.2 Å². The number of nitrogens with one attached hydrogen (secondary N) is 1. The lowest BCUT2D eigenvalue weighted by Crippen LogP contribution is -2.47.